The fourth-order valence-electron chi connectivity index (χ4n) is 2.76. The van der Waals surface area contributed by atoms with Gasteiger partial charge in [0.1, 0.15) is 6.10 Å². The highest BCUT2D eigenvalue weighted by molar-refractivity contribution is 5.74. The number of piperidine rings is 1. The zero-order valence-electron chi connectivity index (χ0n) is 15.2. The van der Waals surface area contributed by atoms with Crippen molar-refractivity contribution in [3.8, 4) is 5.88 Å². The number of amides is 2. The molecule has 1 atom stereocenters. The maximum absolute atomic E-state index is 12.4. The Morgan fingerprint density at radius 1 is 1.38 bits per heavy atom. The number of urea groups is 1. The summed E-state index contributed by atoms with van der Waals surface area (Å²) in [6.07, 6.45) is 3.72. The zero-order chi connectivity index (χ0) is 17.5. The van der Waals surface area contributed by atoms with Gasteiger partial charge < -0.3 is 19.9 Å². The van der Waals surface area contributed by atoms with Gasteiger partial charge in [-0.05, 0) is 31.7 Å². The van der Waals surface area contributed by atoms with Crippen molar-refractivity contribution in [1.29, 1.82) is 0 Å². The lowest BCUT2D eigenvalue weighted by atomic mass is 10.1. The average molecular weight is 335 g/mol. The maximum Gasteiger partial charge on any atom is 0.317 e. The van der Waals surface area contributed by atoms with Crippen LogP contribution in [0.3, 0.4) is 0 Å². The van der Waals surface area contributed by atoms with Crippen LogP contribution in [0, 0.1) is 0 Å². The van der Waals surface area contributed by atoms with Crippen LogP contribution in [0.1, 0.15) is 39.5 Å². The number of nitrogens with one attached hydrogen (secondary N) is 1. The van der Waals surface area contributed by atoms with Crippen molar-refractivity contribution in [3.63, 3.8) is 0 Å². The molecule has 1 N–H and O–H groups in total. The topological polar surface area (TPSA) is 70.6 Å². The van der Waals surface area contributed by atoms with E-state index in [2.05, 4.69) is 29.4 Å². The molecule has 1 fully saturated rings. The highest BCUT2D eigenvalue weighted by atomic mass is 16.5. The van der Waals surface area contributed by atoms with Crippen molar-refractivity contribution in [2.24, 2.45) is 0 Å². The number of rotatable bonds is 6. The summed E-state index contributed by atoms with van der Waals surface area (Å²) in [7, 11) is 3.84. The number of aromatic nitrogens is 2. The monoisotopic (exact) mass is 335 g/mol. The molecule has 134 valence electrons. The Kier molecular flexibility index (Phi) is 6.63. The summed E-state index contributed by atoms with van der Waals surface area (Å²) in [6.45, 7) is 5.54. The Labute approximate surface area is 144 Å². The molecule has 1 saturated heterocycles. The molecule has 1 aliphatic heterocycles. The predicted molar refractivity (Wildman–Crippen MR) is 94.5 cm³/mol. The number of anilines is 1. The summed E-state index contributed by atoms with van der Waals surface area (Å²) in [6, 6.07) is 3.95. The van der Waals surface area contributed by atoms with Gasteiger partial charge in [-0.3, -0.25) is 0 Å². The van der Waals surface area contributed by atoms with Crippen LogP contribution in [-0.4, -0.2) is 60.5 Å². The molecule has 0 aliphatic carbocycles. The lowest BCUT2D eigenvalue weighted by Gasteiger charge is -2.33. The molecule has 0 radical (unpaired) electrons. The lowest BCUT2D eigenvalue weighted by molar-refractivity contribution is 0.0958. The number of carbonyl (C=O) groups is 1. The largest absolute Gasteiger partial charge is 0.471 e. The molecule has 0 saturated carbocycles. The van der Waals surface area contributed by atoms with E-state index in [1.807, 2.05) is 36.0 Å². The van der Waals surface area contributed by atoms with E-state index in [1.54, 1.807) is 0 Å². The van der Waals surface area contributed by atoms with E-state index in [1.165, 1.54) is 0 Å². The van der Waals surface area contributed by atoms with Crippen LogP contribution in [0.4, 0.5) is 10.6 Å². The van der Waals surface area contributed by atoms with Crippen LogP contribution in [0.5, 0.6) is 5.88 Å². The number of likely N-dealkylation sites (tertiary alicyclic amines) is 1. The molecule has 1 unspecified atom stereocenters. The first kappa shape index (κ1) is 18.3. The molecule has 1 aliphatic rings. The minimum absolute atomic E-state index is 0.00559. The van der Waals surface area contributed by atoms with Gasteiger partial charge in [-0.2, -0.15) is 0 Å². The molecule has 7 heteroatoms. The Morgan fingerprint density at radius 2 is 2.12 bits per heavy atom. The van der Waals surface area contributed by atoms with E-state index >= 15 is 0 Å². The quantitative estimate of drug-likeness (QED) is 0.863. The Bertz CT molecular complexity index is 516. The molecule has 1 aromatic rings. The van der Waals surface area contributed by atoms with Crippen molar-refractivity contribution in [2.45, 2.75) is 51.7 Å². The van der Waals surface area contributed by atoms with Crippen molar-refractivity contribution in [1.82, 2.24) is 20.4 Å². The summed E-state index contributed by atoms with van der Waals surface area (Å²) in [5.41, 5.74) is 0. The number of ether oxygens (including phenoxy) is 1. The standard InChI is InChI=1S/C17H29N5O2/c1-5-13(6-2)18-17(23)22-11-7-8-14(12-22)24-16-10-9-15(19-20-16)21(3)4/h9-10,13-14H,5-8,11-12H2,1-4H3,(H,18,23). The van der Waals surface area contributed by atoms with Gasteiger partial charge >= 0.3 is 6.03 Å². The fourth-order valence-corrected chi connectivity index (χ4v) is 2.76. The van der Waals surface area contributed by atoms with E-state index in [0.29, 0.717) is 12.4 Å². The summed E-state index contributed by atoms with van der Waals surface area (Å²) >= 11 is 0. The number of nitrogens with zero attached hydrogens (tertiary/aromatic N) is 4. The first-order chi connectivity index (χ1) is 11.5. The van der Waals surface area contributed by atoms with E-state index in [-0.39, 0.29) is 18.2 Å². The first-order valence-electron chi connectivity index (χ1n) is 8.76. The molecular formula is C17H29N5O2. The predicted octanol–water partition coefficient (Wildman–Crippen LogP) is 2.28. The molecule has 0 bridgehead atoms. The summed E-state index contributed by atoms with van der Waals surface area (Å²) < 4.78 is 5.91. The van der Waals surface area contributed by atoms with E-state index in [9.17, 15) is 4.79 Å². The third kappa shape index (κ3) is 4.97. The molecule has 0 spiro atoms. The van der Waals surface area contributed by atoms with Gasteiger partial charge in [0.05, 0.1) is 6.54 Å². The minimum Gasteiger partial charge on any atom is -0.471 e. The van der Waals surface area contributed by atoms with E-state index in [4.69, 9.17) is 4.74 Å². The van der Waals surface area contributed by atoms with Crippen molar-refractivity contribution < 1.29 is 9.53 Å². The molecule has 24 heavy (non-hydrogen) atoms. The highest BCUT2D eigenvalue weighted by Crippen LogP contribution is 2.18. The molecule has 1 aromatic heterocycles. The van der Waals surface area contributed by atoms with Crippen LogP contribution in [0.25, 0.3) is 0 Å². The van der Waals surface area contributed by atoms with Gasteiger partial charge in [0.15, 0.2) is 5.82 Å². The van der Waals surface area contributed by atoms with Crippen LogP contribution < -0.4 is 15.0 Å². The second-order valence-corrected chi connectivity index (χ2v) is 6.42. The average Bonchev–Trinajstić information content (AvgIpc) is 2.60. The van der Waals surface area contributed by atoms with E-state index < -0.39 is 0 Å². The number of hydrogen-bond donors (Lipinski definition) is 1. The lowest BCUT2D eigenvalue weighted by Crippen LogP contribution is -2.50. The van der Waals surface area contributed by atoms with Crippen molar-refractivity contribution >= 4 is 11.8 Å². The zero-order valence-corrected chi connectivity index (χ0v) is 15.2. The molecule has 2 rings (SSSR count). The van der Waals surface area contributed by atoms with Gasteiger partial charge in [-0.15, -0.1) is 10.2 Å². The van der Waals surface area contributed by atoms with Gasteiger partial charge in [-0.25, -0.2) is 4.79 Å². The van der Waals surface area contributed by atoms with Crippen LogP contribution in [0.15, 0.2) is 12.1 Å². The second kappa shape index (κ2) is 8.70. The van der Waals surface area contributed by atoms with Crippen LogP contribution in [-0.2, 0) is 0 Å². The van der Waals surface area contributed by atoms with Crippen LogP contribution in [0.2, 0.25) is 0 Å². The summed E-state index contributed by atoms with van der Waals surface area (Å²) in [5, 5.41) is 11.3. The summed E-state index contributed by atoms with van der Waals surface area (Å²) in [4.78, 5) is 16.1. The molecule has 2 heterocycles. The maximum atomic E-state index is 12.4. The Morgan fingerprint density at radius 3 is 2.71 bits per heavy atom. The molecule has 7 nitrogen and oxygen atoms in total. The van der Waals surface area contributed by atoms with Gasteiger partial charge in [0.2, 0.25) is 5.88 Å². The summed E-state index contributed by atoms with van der Waals surface area (Å²) in [5.74, 6) is 1.30. The van der Waals surface area contributed by atoms with Crippen LogP contribution >= 0.6 is 0 Å². The molecule has 0 aromatic carbocycles. The SMILES string of the molecule is CCC(CC)NC(=O)N1CCCC(Oc2ccc(N(C)C)nn2)C1. The molecule has 2 amide bonds. The molecular weight excluding hydrogens is 306 g/mol. The number of hydrogen-bond acceptors (Lipinski definition) is 5. The minimum atomic E-state index is -0.0364. The van der Waals surface area contributed by atoms with Gasteiger partial charge in [0.25, 0.3) is 0 Å². The third-order valence-corrected chi connectivity index (χ3v) is 4.35. The normalized spacial score (nSPS) is 17.7. The third-order valence-electron chi connectivity index (χ3n) is 4.35. The fraction of sp³-hybridized carbons (Fsp3) is 0.706. The van der Waals surface area contributed by atoms with Gasteiger partial charge in [0, 0.05) is 32.7 Å². The number of carbonyl (C=O) groups excluding carboxylic acids is 1. The van der Waals surface area contributed by atoms with Crippen molar-refractivity contribution in [3.05, 3.63) is 12.1 Å². The Balaban J connectivity index is 1.89. The smallest absolute Gasteiger partial charge is 0.317 e. The van der Waals surface area contributed by atoms with Crippen molar-refractivity contribution in [2.75, 3.05) is 32.1 Å². The highest BCUT2D eigenvalue weighted by Gasteiger charge is 2.26. The Hall–Kier alpha value is -2.05. The van der Waals surface area contributed by atoms with E-state index in [0.717, 1.165) is 38.0 Å². The van der Waals surface area contributed by atoms with Gasteiger partial charge in [-0.1, -0.05) is 13.8 Å². The second-order valence-electron chi connectivity index (χ2n) is 6.42. The first-order valence-corrected chi connectivity index (χ1v) is 8.76.